The molecule has 2 amide bonds. The first kappa shape index (κ1) is 21.5. The third-order valence-electron chi connectivity index (χ3n) is 6.24. The molecule has 0 radical (unpaired) electrons. The standard InChI is InChI=1S/C22H29N5O4/c1-15(16-5-7-17(8-6-16)27-11-3-9-23-27)24-21(30)19(28)20(29)22(31)26-13-12-25-10-2-4-18(25)14-26/h3,5-9,11,15,18-20,28-29H,2,4,10,12-14H2,1H3,(H,24,30)/t15-,18+,19-,20-/m1/s1. The quantitative estimate of drug-likeness (QED) is 0.602. The van der Waals surface area contributed by atoms with E-state index >= 15 is 0 Å². The van der Waals surface area contributed by atoms with Crippen molar-refractivity contribution in [2.24, 2.45) is 0 Å². The number of carbonyl (C=O) groups excluding carboxylic acids is 2. The van der Waals surface area contributed by atoms with Crippen LogP contribution in [0.5, 0.6) is 0 Å². The minimum absolute atomic E-state index is 0.306. The van der Waals surface area contributed by atoms with E-state index in [0.29, 0.717) is 19.1 Å². The first-order valence-corrected chi connectivity index (χ1v) is 10.7. The zero-order chi connectivity index (χ0) is 22.0. The van der Waals surface area contributed by atoms with E-state index in [1.807, 2.05) is 36.5 Å². The Kier molecular flexibility index (Phi) is 6.35. The molecule has 2 fully saturated rings. The Morgan fingerprint density at radius 3 is 2.61 bits per heavy atom. The highest BCUT2D eigenvalue weighted by Crippen LogP contribution is 2.22. The van der Waals surface area contributed by atoms with Crippen LogP contribution in [0.2, 0.25) is 0 Å². The highest BCUT2D eigenvalue weighted by molar-refractivity contribution is 5.91. The van der Waals surface area contributed by atoms with Crippen LogP contribution in [-0.2, 0) is 9.59 Å². The molecule has 0 spiro atoms. The maximum Gasteiger partial charge on any atom is 0.254 e. The zero-order valence-corrected chi connectivity index (χ0v) is 17.6. The SMILES string of the molecule is C[C@@H](NC(=O)[C@H](O)[C@@H](O)C(=O)N1CCN2CCC[C@H]2C1)c1ccc(-n2cccn2)cc1. The molecule has 2 aromatic rings. The molecule has 2 aliphatic rings. The van der Waals surface area contributed by atoms with Gasteiger partial charge in [0.25, 0.3) is 11.8 Å². The Bertz CT molecular complexity index is 901. The first-order valence-electron chi connectivity index (χ1n) is 10.7. The van der Waals surface area contributed by atoms with Crippen molar-refractivity contribution in [2.45, 2.75) is 44.1 Å². The lowest BCUT2D eigenvalue weighted by Gasteiger charge is -2.38. The number of hydrogen-bond acceptors (Lipinski definition) is 6. The first-order chi connectivity index (χ1) is 14.9. The Morgan fingerprint density at radius 2 is 1.90 bits per heavy atom. The van der Waals surface area contributed by atoms with Gasteiger partial charge in [0.2, 0.25) is 0 Å². The molecule has 4 atom stereocenters. The fraction of sp³-hybridized carbons (Fsp3) is 0.500. The molecular formula is C22H29N5O4. The summed E-state index contributed by atoms with van der Waals surface area (Å²) in [7, 11) is 0. The smallest absolute Gasteiger partial charge is 0.254 e. The van der Waals surface area contributed by atoms with E-state index < -0.39 is 30.1 Å². The third-order valence-corrected chi connectivity index (χ3v) is 6.24. The van der Waals surface area contributed by atoms with Crippen molar-refractivity contribution >= 4 is 11.8 Å². The van der Waals surface area contributed by atoms with Crippen molar-refractivity contribution in [2.75, 3.05) is 26.2 Å². The number of rotatable bonds is 6. The summed E-state index contributed by atoms with van der Waals surface area (Å²) in [5, 5.41) is 27.5. The number of carbonyl (C=O) groups is 2. The molecule has 0 bridgehead atoms. The van der Waals surface area contributed by atoms with Crippen molar-refractivity contribution in [3.05, 3.63) is 48.3 Å². The van der Waals surface area contributed by atoms with Gasteiger partial charge in [0.05, 0.1) is 11.7 Å². The number of aliphatic hydroxyl groups excluding tert-OH is 2. The molecule has 3 N–H and O–H groups in total. The van der Waals surface area contributed by atoms with Gasteiger partial charge in [0, 0.05) is 38.1 Å². The van der Waals surface area contributed by atoms with Crippen LogP contribution in [0.4, 0.5) is 0 Å². The predicted molar refractivity (Wildman–Crippen MR) is 113 cm³/mol. The summed E-state index contributed by atoms with van der Waals surface area (Å²) in [4.78, 5) is 29.0. The number of nitrogens with zero attached hydrogens (tertiary/aromatic N) is 4. The van der Waals surface area contributed by atoms with E-state index in [4.69, 9.17) is 0 Å². The van der Waals surface area contributed by atoms with Gasteiger partial charge in [0.1, 0.15) is 0 Å². The normalized spacial score (nSPS) is 21.9. The number of amides is 2. The summed E-state index contributed by atoms with van der Waals surface area (Å²) in [5.74, 6) is -1.37. The minimum Gasteiger partial charge on any atom is -0.380 e. The molecule has 166 valence electrons. The molecule has 3 heterocycles. The number of nitrogens with one attached hydrogen (secondary N) is 1. The van der Waals surface area contributed by atoms with Gasteiger partial charge in [-0.1, -0.05) is 12.1 Å². The number of benzene rings is 1. The summed E-state index contributed by atoms with van der Waals surface area (Å²) in [6.07, 6.45) is 2.07. The summed E-state index contributed by atoms with van der Waals surface area (Å²) < 4.78 is 1.73. The van der Waals surface area contributed by atoms with Gasteiger partial charge >= 0.3 is 0 Å². The van der Waals surface area contributed by atoms with Gasteiger partial charge in [-0.25, -0.2) is 4.68 Å². The van der Waals surface area contributed by atoms with Crippen LogP contribution >= 0.6 is 0 Å². The molecule has 9 heteroatoms. The molecule has 0 saturated carbocycles. The monoisotopic (exact) mass is 427 g/mol. The number of hydrogen-bond donors (Lipinski definition) is 3. The molecule has 1 aromatic carbocycles. The van der Waals surface area contributed by atoms with Gasteiger partial charge in [-0.05, 0) is 50.1 Å². The number of piperazine rings is 1. The van der Waals surface area contributed by atoms with Gasteiger partial charge in [0.15, 0.2) is 12.2 Å². The Balaban J connectivity index is 1.32. The van der Waals surface area contributed by atoms with Crippen LogP contribution in [0.15, 0.2) is 42.7 Å². The van der Waals surface area contributed by atoms with E-state index in [9.17, 15) is 19.8 Å². The van der Waals surface area contributed by atoms with Crippen LogP contribution in [0, 0.1) is 0 Å². The van der Waals surface area contributed by atoms with Crippen molar-refractivity contribution in [3.8, 4) is 5.69 Å². The lowest BCUT2D eigenvalue weighted by molar-refractivity contribution is -0.155. The Labute approximate surface area is 181 Å². The molecule has 1 aromatic heterocycles. The fourth-order valence-corrected chi connectivity index (χ4v) is 4.38. The van der Waals surface area contributed by atoms with E-state index in [2.05, 4.69) is 15.3 Å². The second kappa shape index (κ2) is 9.17. The van der Waals surface area contributed by atoms with E-state index in [1.54, 1.807) is 22.7 Å². The Morgan fingerprint density at radius 1 is 1.13 bits per heavy atom. The van der Waals surface area contributed by atoms with E-state index in [-0.39, 0.29) is 0 Å². The Hall–Kier alpha value is -2.75. The summed E-state index contributed by atoms with van der Waals surface area (Å²) in [5.41, 5.74) is 1.71. The highest BCUT2D eigenvalue weighted by atomic mass is 16.3. The van der Waals surface area contributed by atoms with Crippen molar-refractivity contribution in [1.29, 1.82) is 0 Å². The molecule has 9 nitrogen and oxygen atoms in total. The lowest BCUT2D eigenvalue weighted by Crippen LogP contribution is -2.57. The summed E-state index contributed by atoms with van der Waals surface area (Å²) >= 11 is 0. The molecule has 0 aliphatic carbocycles. The maximum atomic E-state index is 12.6. The van der Waals surface area contributed by atoms with Crippen LogP contribution in [0.25, 0.3) is 5.69 Å². The predicted octanol–water partition coefficient (Wildman–Crippen LogP) is 0.0779. The molecule has 2 saturated heterocycles. The number of aromatic nitrogens is 2. The van der Waals surface area contributed by atoms with Gasteiger partial charge in [-0.2, -0.15) is 5.10 Å². The van der Waals surface area contributed by atoms with Crippen molar-refractivity contribution < 1.29 is 19.8 Å². The van der Waals surface area contributed by atoms with E-state index in [0.717, 1.165) is 37.2 Å². The summed E-state index contributed by atoms with van der Waals surface area (Å²) in [6, 6.07) is 9.20. The number of aliphatic hydroxyl groups is 2. The van der Waals surface area contributed by atoms with Crippen LogP contribution in [0.3, 0.4) is 0 Å². The van der Waals surface area contributed by atoms with Crippen molar-refractivity contribution in [3.63, 3.8) is 0 Å². The third kappa shape index (κ3) is 4.63. The topological polar surface area (TPSA) is 111 Å². The minimum atomic E-state index is -1.82. The second-order valence-corrected chi connectivity index (χ2v) is 8.28. The highest BCUT2D eigenvalue weighted by Gasteiger charge is 2.38. The fourth-order valence-electron chi connectivity index (χ4n) is 4.38. The van der Waals surface area contributed by atoms with Crippen LogP contribution in [0.1, 0.15) is 31.4 Å². The summed E-state index contributed by atoms with van der Waals surface area (Å²) in [6.45, 7) is 4.61. The average Bonchev–Trinajstić information content (AvgIpc) is 3.49. The molecule has 0 unspecified atom stereocenters. The molecule has 2 aliphatic heterocycles. The second-order valence-electron chi connectivity index (χ2n) is 8.28. The molecule has 31 heavy (non-hydrogen) atoms. The van der Waals surface area contributed by atoms with E-state index in [1.165, 1.54) is 0 Å². The van der Waals surface area contributed by atoms with Crippen LogP contribution in [-0.4, -0.2) is 86.0 Å². The molecule has 4 rings (SSSR count). The lowest BCUT2D eigenvalue weighted by atomic mass is 10.1. The average molecular weight is 428 g/mol. The largest absolute Gasteiger partial charge is 0.380 e. The van der Waals surface area contributed by atoms with Gasteiger partial charge in [-0.15, -0.1) is 0 Å². The zero-order valence-electron chi connectivity index (χ0n) is 17.6. The number of fused-ring (bicyclic) bond motifs is 1. The van der Waals surface area contributed by atoms with Gasteiger partial charge in [-0.3, -0.25) is 14.5 Å². The van der Waals surface area contributed by atoms with Gasteiger partial charge < -0.3 is 20.4 Å². The van der Waals surface area contributed by atoms with Crippen LogP contribution < -0.4 is 5.32 Å². The van der Waals surface area contributed by atoms with Crippen molar-refractivity contribution in [1.82, 2.24) is 24.9 Å². The maximum absolute atomic E-state index is 12.6. The molecular weight excluding hydrogens is 398 g/mol.